The van der Waals surface area contributed by atoms with Crippen LogP contribution in [0.3, 0.4) is 0 Å². The van der Waals surface area contributed by atoms with Gasteiger partial charge in [-0.05, 0) is 39.5 Å². The van der Waals surface area contributed by atoms with Gasteiger partial charge in [-0.3, -0.25) is 0 Å². The first kappa shape index (κ1) is 14.3. The van der Waals surface area contributed by atoms with Crippen molar-refractivity contribution >= 4 is 44.5 Å². The molecule has 0 N–H and O–H groups in total. The molecule has 0 aliphatic heterocycles. The number of esters is 1. The van der Waals surface area contributed by atoms with E-state index in [4.69, 9.17) is 0 Å². The van der Waals surface area contributed by atoms with E-state index in [1.54, 1.807) is 22.6 Å². The molecule has 0 radical (unpaired) electrons. The maximum absolute atomic E-state index is 13.0. The SMILES string of the molecule is CCOC(=O)C(F)(F)/C=C(\I)CCBr. The van der Waals surface area contributed by atoms with Crippen molar-refractivity contribution in [2.45, 2.75) is 19.3 Å². The largest absolute Gasteiger partial charge is 0.461 e. The van der Waals surface area contributed by atoms with Crippen LogP contribution in [0.1, 0.15) is 13.3 Å². The molecule has 0 fully saturated rings. The number of ether oxygens (including phenoxy) is 1. The predicted molar refractivity (Wildman–Crippen MR) is 62.1 cm³/mol. The third kappa shape index (κ3) is 5.23. The van der Waals surface area contributed by atoms with Crippen LogP contribution in [0.2, 0.25) is 0 Å². The van der Waals surface area contributed by atoms with Crippen LogP contribution < -0.4 is 0 Å². The molecule has 0 heterocycles. The quantitative estimate of drug-likeness (QED) is 0.414. The van der Waals surface area contributed by atoms with Gasteiger partial charge >= 0.3 is 11.9 Å². The van der Waals surface area contributed by atoms with Gasteiger partial charge in [0.2, 0.25) is 0 Å². The Hall–Kier alpha value is 0.280. The molecule has 14 heavy (non-hydrogen) atoms. The Balaban J connectivity index is 4.45. The van der Waals surface area contributed by atoms with Gasteiger partial charge in [0.1, 0.15) is 0 Å². The van der Waals surface area contributed by atoms with Gasteiger partial charge in [-0.1, -0.05) is 15.9 Å². The van der Waals surface area contributed by atoms with Crippen LogP contribution >= 0.6 is 38.5 Å². The van der Waals surface area contributed by atoms with Gasteiger partial charge in [0, 0.05) is 11.4 Å². The van der Waals surface area contributed by atoms with E-state index in [0.717, 1.165) is 0 Å². The van der Waals surface area contributed by atoms with Gasteiger partial charge in [0.25, 0.3) is 0 Å². The third-order valence-corrected chi connectivity index (χ3v) is 2.47. The van der Waals surface area contributed by atoms with Crippen molar-refractivity contribution in [1.82, 2.24) is 0 Å². The number of allylic oxidation sites excluding steroid dienone is 1. The first-order valence-electron chi connectivity index (χ1n) is 3.92. The lowest BCUT2D eigenvalue weighted by Gasteiger charge is -2.10. The summed E-state index contributed by atoms with van der Waals surface area (Å²) >= 11 is 4.89. The summed E-state index contributed by atoms with van der Waals surface area (Å²) in [5.74, 6) is -5.02. The number of carbonyl (C=O) groups excluding carboxylic acids is 1. The van der Waals surface area contributed by atoms with Crippen molar-refractivity contribution in [3.63, 3.8) is 0 Å². The molecule has 0 aromatic heterocycles. The molecular weight excluding hydrogens is 373 g/mol. The molecule has 0 aromatic rings. The van der Waals surface area contributed by atoms with Crippen LogP contribution in [0.25, 0.3) is 0 Å². The van der Waals surface area contributed by atoms with E-state index in [-0.39, 0.29) is 6.61 Å². The molecule has 0 amide bonds. The minimum Gasteiger partial charge on any atom is -0.461 e. The van der Waals surface area contributed by atoms with Gasteiger partial charge in [-0.25, -0.2) is 4.79 Å². The van der Waals surface area contributed by atoms with Crippen molar-refractivity contribution in [1.29, 1.82) is 0 Å². The van der Waals surface area contributed by atoms with E-state index in [1.807, 2.05) is 0 Å². The Morgan fingerprint density at radius 3 is 2.64 bits per heavy atom. The van der Waals surface area contributed by atoms with E-state index < -0.39 is 11.9 Å². The molecule has 0 atom stereocenters. The minimum absolute atomic E-state index is 0.0444. The van der Waals surface area contributed by atoms with Gasteiger partial charge in [0.05, 0.1) is 6.61 Å². The number of rotatable bonds is 5. The van der Waals surface area contributed by atoms with Crippen molar-refractivity contribution < 1.29 is 18.3 Å². The zero-order valence-electron chi connectivity index (χ0n) is 7.53. The molecule has 0 saturated heterocycles. The normalized spacial score (nSPS) is 12.8. The third-order valence-electron chi connectivity index (χ3n) is 1.22. The molecule has 82 valence electrons. The van der Waals surface area contributed by atoms with Gasteiger partial charge in [-0.2, -0.15) is 8.78 Å². The second-order valence-electron chi connectivity index (χ2n) is 2.37. The number of carbonyl (C=O) groups is 1. The predicted octanol–water partition coefficient (Wildman–Crippen LogP) is 3.29. The minimum atomic E-state index is -3.52. The van der Waals surface area contributed by atoms with Crippen molar-refractivity contribution in [2.24, 2.45) is 0 Å². The molecule has 0 unspecified atom stereocenters. The topological polar surface area (TPSA) is 26.3 Å². The summed E-state index contributed by atoms with van der Waals surface area (Å²) in [6.45, 7) is 1.44. The highest BCUT2D eigenvalue weighted by molar-refractivity contribution is 14.1. The first-order valence-corrected chi connectivity index (χ1v) is 6.12. The zero-order valence-corrected chi connectivity index (χ0v) is 11.3. The number of alkyl halides is 3. The monoisotopic (exact) mass is 382 g/mol. The number of hydrogen-bond acceptors (Lipinski definition) is 2. The summed E-state index contributed by atoms with van der Waals surface area (Å²) in [5, 5.41) is 0.584. The van der Waals surface area contributed by atoms with Crippen molar-refractivity contribution in [3.05, 3.63) is 9.66 Å². The molecule has 0 aliphatic rings. The van der Waals surface area contributed by atoms with E-state index in [2.05, 4.69) is 20.7 Å². The summed E-state index contributed by atoms with van der Waals surface area (Å²) in [4.78, 5) is 10.8. The van der Waals surface area contributed by atoms with E-state index in [9.17, 15) is 13.6 Å². The van der Waals surface area contributed by atoms with E-state index in [0.29, 0.717) is 21.4 Å². The van der Waals surface area contributed by atoms with Crippen LogP contribution in [0.4, 0.5) is 8.78 Å². The van der Waals surface area contributed by atoms with Crippen LogP contribution in [-0.4, -0.2) is 23.8 Å². The van der Waals surface area contributed by atoms with Gasteiger partial charge < -0.3 is 4.74 Å². The Morgan fingerprint density at radius 2 is 2.21 bits per heavy atom. The molecule has 0 rings (SSSR count). The van der Waals surface area contributed by atoms with Crippen LogP contribution in [0.5, 0.6) is 0 Å². The van der Waals surface area contributed by atoms with Crippen LogP contribution in [0.15, 0.2) is 9.66 Å². The zero-order chi connectivity index (χ0) is 11.2. The fraction of sp³-hybridized carbons (Fsp3) is 0.625. The Bertz CT molecular complexity index is 231. The lowest BCUT2D eigenvalue weighted by molar-refractivity contribution is -0.164. The Labute approximate surface area is 103 Å². The summed E-state index contributed by atoms with van der Waals surface area (Å²) < 4.78 is 30.7. The Morgan fingerprint density at radius 1 is 1.64 bits per heavy atom. The molecule has 2 nitrogen and oxygen atoms in total. The molecule has 0 saturated carbocycles. The Kier molecular flexibility index (Phi) is 6.84. The second kappa shape index (κ2) is 6.71. The highest BCUT2D eigenvalue weighted by Gasteiger charge is 2.38. The van der Waals surface area contributed by atoms with Gasteiger partial charge in [-0.15, -0.1) is 0 Å². The summed E-state index contributed by atoms with van der Waals surface area (Å²) in [7, 11) is 0. The van der Waals surface area contributed by atoms with Crippen molar-refractivity contribution in [2.75, 3.05) is 11.9 Å². The molecule has 0 aliphatic carbocycles. The first-order chi connectivity index (χ1) is 6.44. The van der Waals surface area contributed by atoms with Gasteiger partial charge in [0.15, 0.2) is 0 Å². The highest BCUT2D eigenvalue weighted by atomic mass is 127. The van der Waals surface area contributed by atoms with Crippen LogP contribution in [-0.2, 0) is 9.53 Å². The summed E-state index contributed by atoms with van der Waals surface area (Å²) in [5.41, 5.74) is 0. The molecule has 0 aromatic carbocycles. The smallest absolute Gasteiger partial charge is 0.381 e. The molecular formula is C8H10BrF2IO2. The number of hydrogen-bond donors (Lipinski definition) is 0. The molecule has 0 bridgehead atoms. The average molecular weight is 383 g/mol. The fourth-order valence-electron chi connectivity index (χ4n) is 0.645. The average Bonchev–Trinajstić information content (AvgIpc) is 2.03. The van der Waals surface area contributed by atoms with E-state index >= 15 is 0 Å². The standard InChI is InChI=1S/C8H10BrF2IO2/c1-2-14-7(13)8(10,11)5-6(12)3-4-9/h5H,2-4H2,1H3/b6-5-. The number of halogens is 4. The van der Waals surface area contributed by atoms with Crippen molar-refractivity contribution in [3.8, 4) is 0 Å². The molecule has 6 heteroatoms. The summed E-state index contributed by atoms with van der Waals surface area (Å²) in [6.07, 6.45) is 1.10. The lowest BCUT2D eigenvalue weighted by Crippen LogP contribution is -2.28. The fourth-order valence-corrected chi connectivity index (χ4v) is 2.47. The maximum atomic E-state index is 13.0. The molecule has 0 spiro atoms. The van der Waals surface area contributed by atoms with E-state index in [1.165, 1.54) is 6.92 Å². The maximum Gasteiger partial charge on any atom is 0.381 e. The lowest BCUT2D eigenvalue weighted by atomic mass is 10.3. The highest BCUT2D eigenvalue weighted by Crippen LogP contribution is 2.24. The van der Waals surface area contributed by atoms with Crippen LogP contribution in [0, 0.1) is 0 Å². The second-order valence-corrected chi connectivity index (χ2v) is 4.55. The summed E-state index contributed by atoms with van der Waals surface area (Å²) in [6, 6.07) is 0.